The largest absolute Gasteiger partial charge is 0.330 e. The molecule has 1 heterocycles. The number of hydrogen-bond acceptors (Lipinski definition) is 4. The van der Waals surface area contributed by atoms with Gasteiger partial charge in [0.2, 0.25) is 11.8 Å². The summed E-state index contributed by atoms with van der Waals surface area (Å²) in [5, 5.41) is 3.13. The number of sulfone groups is 1. The summed E-state index contributed by atoms with van der Waals surface area (Å²) in [5.74, 6) is -0.737. The van der Waals surface area contributed by atoms with E-state index in [1.54, 1.807) is 24.3 Å². The van der Waals surface area contributed by atoms with Crippen LogP contribution in [0.2, 0.25) is 5.02 Å². The minimum Gasteiger partial charge on any atom is -0.330 e. The van der Waals surface area contributed by atoms with Crippen molar-refractivity contribution in [3.63, 3.8) is 0 Å². The number of benzene rings is 1. The standard InChI is InChI=1S/C14H17ClN2O4S/c1-10(18)17(13-5-6-22(20,21)9-13)8-14(19)16-12-4-2-3-11(15)7-12/h2-4,7,13H,5-6,8-9H2,1H3,(H,16,19). The number of nitrogens with one attached hydrogen (secondary N) is 1. The molecule has 120 valence electrons. The van der Waals surface area contributed by atoms with Gasteiger partial charge in [-0.2, -0.15) is 0 Å². The maximum Gasteiger partial charge on any atom is 0.244 e. The van der Waals surface area contributed by atoms with Crippen LogP contribution in [0.25, 0.3) is 0 Å². The van der Waals surface area contributed by atoms with Gasteiger partial charge in [0, 0.05) is 23.7 Å². The van der Waals surface area contributed by atoms with Gasteiger partial charge < -0.3 is 10.2 Å². The fourth-order valence-corrected chi connectivity index (χ4v) is 4.36. The van der Waals surface area contributed by atoms with E-state index < -0.39 is 15.9 Å². The first-order valence-electron chi connectivity index (χ1n) is 6.80. The predicted octanol–water partition coefficient (Wildman–Crippen LogP) is 1.31. The molecule has 1 atom stereocenters. The normalized spacial score (nSPS) is 19.6. The number of carbonyl (C=O) groups excluding carboxylic acids is 2. The summed E-state index contributed by atoms with van der Waals surface area (Å²) >= 11 is 5.84. The SMILES string of the molecule is CC(=O)N(CC(=O)Nc1cccc(Cl)c1)C1CCS(=O)(=O)C1. The first kappa shape index (κ1) is 16.8. The molecule has 1 saturated heterocycles. The molecule has 0 saturated carbocycles. The number of amides is 2. The summed E-state index contributed by atoms with van der Waals surface area (Å²) in [6, 6.07) is 6.22. The third-order valence-electron chi connectivity index (χ3n) is 3.48. The molecule has 1 N–H and O–H groups in total. The molecule has 0 bridgehead atoms. The summed E-state index contributed by atoms with van der Waals surface area (Å²) in [6.07, 6.45) is 0.367. The zero-order chi connectivity index (χ0) is 16.3. The Balaban J connectivity index is 2.02. The Morgan fingerprint density at radius 3 is 2.68 bits per heavy atom. The van der Waals surface area contributed by atoms with Gasteiger partial charge in [-0.15, -0.1) is 0 Å². The van der Waals surface area contributed by atoms with Gasteiger partial charge in [0.05, 0.1) is 11.5 Å². The van der Waals surface area contributed by atoms with Crippen LogP contribution in [0, 0.1) is 0 Å². The molecule has 0 spiro atoms. The topological polar surface area (TPSA) is 83.6 Å². The quantitative estimate of drug-likeness (QED) is 0.892. The van der Waals surface area contributed by atoms with Crippen LogP contribution in [0.15, 0.2) is 24.3 Å². The van der Waals surface area contributed by atoms with Gasteiger partial charge >= 0.3 is 0 Å². The fraction of sp³-hybridized carbons (Fsp3) is 0.429. The third-order valence-corrected chi connectivity index (χ3v) is 5.46. The van der Waals surface area contributed by atoms with E-state index in [4.69, 9.17) is 11.6 Å². The molecule has 1 aromatic carbocycles. The number of anilines is 1. The van der Waals surface area contributed by atoms with Gasteiger partial charge in [-0.1, -0.05) is 17.7 Å². The minimum atomic E-state index is -3.12. The first-order valence-corrected chi connectivity index (χ1v) is 9.00. The van der Waals surface area contributed by atoms with Crippen LogP contribution in [-0.4, -0.2) is 49.2 Å². The Hall–Kier alpha value is -1.60. The number of halogens is 1. The van der Waals surface area contributed by atoms with Crippen LogP contribution in [0.3, 0.4) is 0 Å². The molecule has 1 aromatic rings. The smallest absolute Gasteiger partial charge is 0.244 e. The molecule has 1 aliphatic rings. The van der Waals surface area contributed by atoms with Crippen LogP contribution < -0.4 is 5.32 Å². The molecule has 1 aliphatic heterocycles. The molecule has 2 rings (SSSR count). The molecule has 6 nitrogen and oxygen atoms in total. The second-order valence-corrected chi connectivity index (χ2v) is 7.93. The highest BCUT2D eigenvalue weighted by Crippen LogP contribution is 2.19. The Kier molecular flexibility index (Phi) is 5.08. The zero-order valence-electron chi connectivity index (χ0n) is 12.1. The lowest BCUT2D eigenvalue weighted by atomic mass is 10.2. The van der Waals surface area contributed by atoms with E-state index in [0.29, 0.717) is 17.1 Å². The van der Waals surface area contributed by atoms with Crippen molar-refractivity contribution >= 4 is 38.9 Å². The van der Waals surface area contributed by atoms with E-state index in [-0.39, 0.29) is 29.9 Å². The van der Waals surface area contributed by atoms with Crippen LogP contribution in [0.5, 0.6) is 0 Å². The first-order chi connectivity index (χ1) is 10.3. The third kappa shape index (κ3) is 4.45. The molecular formula is C14H17ClN2O4S. The maximum absolute atomic E-state index is 12.1. The van der Waals surface area contributed by atoms with Crippen LogP contribution in [0.4, 0.5) is 5.69 Å². The van der Waals surface area contributed by atoms with E-state index in [9.17, 15) is 18.0 Å². The minimum absolute atomic E-state index is 0.0529. The monoisotopic (exact) mass is 344 g/mol. The van der Waals surface area contributed by atoms with E-state index in [0.717, 1.165) is 0 Å². The molecule has 8 heteroatoms. The average Bonchev–Trinajstić information content (AvgIpc) is 2.75. The van der Waals surface area contributed by atoms with Crippen molar-refractivity contribution < 1.29 is 18.0 Å². The molecule has 22 heavy (non-hydrogen) atoms. The van der Waals surface area contributed by atoms with Crippen molar-refractivity contribution in [2.24, 2.45) is 0 Å². The van der Waals surface area contributed by atoms with Crippen molar-refractivity contribution in [2.45, 2.75) is 19.4 Å². The number of rotatable bonds is 4. The van der Waals surface area contributed by atoms with E-state index >= 15 is 0 Å². The van der Waals surface area contributed by atoms with Crippen LogP contribution in [-0.2, 0) is 19.4 Å². The highest BCUT2D eigenvalue weighted by Gasteiger charge is 2.34. The molecule has 2 amide bonds. The summed E-state index contributed by atoms with van der Waals surface area (Å²) in [6.45, 7) is 1.15. The average molecular weight is 345 g/mol. The Labute approximate surface area is 134 Å². The summed E-state index contributed by atoms with van der Waals surface area (Å²) < 4.78 is 23.1. The van der Waals surface area contributed by atoms with Gasteiger partial charge in [-0.25, -0.2) is 8.42 Å². The lowest BCUT2D eigenvalue weighted by molar-refractivity contribution is -0.134. The van der Waals surface area contributed by atoms with Gasteiger partial charge in [-0.05, 0) is 24.6 Å². The highest BCUT2D eigenvalue weighted by atomic mass is 35.5. The second-order valence-electron chi connectivity index (χ2n) is 5.26. The highest BCUT2D eigenvalue weighted by molar-refractivity contribution is 7.91. The Bertz CT molecular complexity index is 690. The summed E-state index contributed by atoms with van der Waals surface area (Å²) in [5.41, 5.74) is 0.528. The molecule has 0 radical (unpaired) electrons. The number of hydrogen-bond donors (Lipinski definition) is 1. The zero-order valence-corrected chi connectivity index (χ0v) is 13.7. The molecular weight excluding hydrogens is 328 g/mol. The van der Waals surface area contributed by atoms with Crippen molar-refractivity contribution in [1.82, 2.24) is 4.90 Å². The molecule has 1 unspecified atom stereocenters. The van der Waals surface area contributed by atoms with Crippen molar-refractivity contribution in [3.8, 4) is 0 Å². The van der Waals surface area contributed by atoms with Gasteiger partial charge in [0.1, 0.15) is 6.54 Å². The number of carbonyl (C=O) groups is 2. The van der Waals surface area contributed by atoms with E-state index in [1.165, 1.54) is 11.8 Å². The lowest BCUT2D eigenvalue weighted by Crippen LogP contribution is -2.44. The molecule has 0 aliphatic carbocycles. The lowest BCUT2D eigenvalue weighted by Gasteiger charge is -2.26. The fourth-order valence-electron chi connectivity index (χ4n) is 2.44. The van der Waals surface area contributed by atoms with E-state index in [2.05, 4.69) is 5.32 Å². The van der Waals surface area contributed by atoms with Crippen LogP contribution >= 0.6 is 11.6 Å². The molecule has 1 fully saturated rings. The predicted molar refractivity (Wildman–Crippen MR) is 84.5 cm³/mol. The molecule has 0 aromatic heterocycles. The Morgan fingerprint density at radius 2 is 2.14 bits per heavy atom. The van der Waals surface area contributed by atoms with Gasteiger partial charge in [-0.3, -0.25) is 9.59 Å². The number of nitrogens with zero attached hydrogens (tertiary/aromatic N) is 1. The van der Waals surface area contributed by atoms with Gasteiger partial charge in [0.15, 0.2) is 9.84 Å². The van der Waals surface area contributed by atoms with Crippen molar-refractivity contribution in [3.05, 3.63) is 29.3 Å². The summed E-state index contributed by atoms with van der Waals surface area (Å²) in [7, 11) is -3.12. The van der Waals surface area contributed by atoms with Crippen molar-refractivity contribution in [1.29, 1.82) is 0 Å². The van der Waals surface area contributed by atoms with Crippen LogP contribution in [0.1, 0.15) is 13.3 Å². The van der Waals surface area contributed by atoms with E-state index in [1.807, 2.05) is 0 Å². The summed E-state index contributed by atoms with van der Waals surface area (Å²) in [4.78, 5) is 25.1. The van der Waals surface area contributed by atoms with Gasteiger partial charge in [0.25, 0.3) is 0 Å². The second kappa shape index (κ2) is 6.66. The Morgan fingerprint density at radius 1 is 1.41 bits per heavy atom. The maximum atomic E-state index is 12.1. The van der Waals surface area contributed by atoms with Crippen molar-refractivity contribution in [2.75, 3.05) is 23.4 Å².